The maximum atomic E-state index is 12.7. The largest absolute Gasteiger partial charge is 0.489 e. The van der Waals surface area contributed by atoms with Crippen molar-refractivity contribution >= 4 is 33.7 Å². The van der Waals surface area contributed by atoms with Crippen LogP contribution in [0.15, 0.2) is 41.2 Å². The number of carbonyl (C=O) groups is 1. The van der Waals surface area contributed by atoms with E-state index in [1.807, 2.05) is 60.6 Å². The number of thiazole rings is 1. The van der Waals surface area contributed by atoms with Crippen LogP contribution in [0.1, 0.15) is 39.0 Å². The van der Waals surface area contributed by atoms with Crippen molar-refractivity contribution in [3.05, 3.63) is 68.5 Å². The lowest BCUT2D eigenvalue weighted by Gasteiger charge is -2.07. The van der Waals surface area contributed by atoms with Crippen LogP contribution in [0.2, 0.25) is 0 Å². The molecule has 1 N–H and O–H groups in total. The van der Waals surface area contributed by atoms with E-state index in [1.165, 1.54) is 33.8 Å². The molecule has 0 aliphatic rings. The summed E-state index contributed by atoms with van der Waals surface area (Å²) in [5.74, 6) is 0.677. The highest BCUT2D eigenvalue weighted by atomic mass is 32.1. The average Bonchev–Trinajstić information content (AvgIpc) is 3.45. The Bertz CT molecular complexity index is 1200. The van der Waals surface area contributed by atoms with Crippen molar-refractivity contribution in [2.45, 2.75) is 40.8 Å². The molecule has 1 amide bonds. The van der Waals surface area contributed by atoms with E-state index in [4.69, 9.17) is 4.74 Å². The lowest BCUT2D eigenvalue weighted by atomic mass is 10.1. The van der Waals surface area contributed by atoms with Crippen molar-refractivity contribution < 1.29 is 9.53 Å². The Balaban J connectivity index is 1.39. The number of nitrogens with one attached hydrogen (secondary N) is 1. The highest BCUT2D eigenvalue weighted by Crippen LogP contribution is 2.28. The quantitative estimate of drug-likeness (QED) is 0.382. The monoisotopic (exact) mass is 452 g/mol. The number of ether oxygens (including phenoxy) is 1. The van der Waals surface area contributed by atoms with Crippen LogP contribution in [-0.4, -0.2) is 20.7 Å². The SMILES string of the molecule is CCn1ncc(-c2csc(NC(=O)c3cc(COc4cc(C)cc(C)c4)cs3)n2)c1C. The van der Waals surface area contributed by atoms with Gasteiger partial charge in [-0.05, 0) is 62.4 Å². The molecule has 4 aromatic rings. The Hall–Kier alpha value is -2.97. The fourth-order valence-corrected chi connectivity index (χ4v) is 4.88. The molecule has 0 bridgehead atoms. The fraction of sp³-hybridized carbons (Fsp3) is 0.261. The van der Waals surface area contributed by atoms with E-state index in [2.05, 4.69) is 28.4 Å². The van der Waals surface area contributed by atoms with Gasteiger partial charge in [-0.3, -0.25) is 14.8 Å². The number of thiophene rings is 1. The van der Waals surface area contributed by atoms with E-state index in [9.17, 15) is 4.79 Å². The third-order valence-corrected chi connectivity index (χ3v) is 6.62. The van der Waals surface area contributed by atoms with Crippen LogP contribution in [0, 0.1) is 20.8 Å². The van der Waals surface area contributed by atoms with Crippen LogP contribution in [0.4, 0.5) is 5.13 Å². The minimum atomic E-state index is -0.162. The molecule has 31 heavy (non-hydrogen) atoms. The van der Waals surface area contributed by atoms with Gasteiger partial charge in [0.2, 0.25) is 0 Å². The molecular weight excluding hydrogens is 428 g/mol. The van der Waals surface area contributed by atoms with Crippen molar-refractivity contribution in [1.82, 2.24) is 14.8 Å². The molecule has 0 aliphatic carbocycles. The topological polar surface area (TPSA) is 69.0 Å². The van der Waals surface area contributed by atoms with Gasteiger partial charge in [-0.25, -0.2) is 4.98 Å². The third-order valence-electron chi connectivity index (χ3n) is 4.88. The van der Waals surface area contributed by atoms with Gasteiger partial charge in [-0.1, -0.05) is 6.07 Å². The molecule has 1 aromatic carbocycles. The second-order valence-electron chi connectivity index (χ2n) is 7.38. The zero-order valence-electron chi connectivity index (χ0n) is 17.9. The van der Waals surface area contributed by atoms with Crippen LogP contribution in [0.3, 0.4) is 0 Å². The second kappa shape index (κ2) is 9.03. The Morgan fingerprint density at radius 2 is 1.87 bits per heavy atom. The molecule has 0 fully saturated rings. The molecule has 0 spiro atoms. The number of nitrogens with zero attached hydrogens (tertiary/aromatic N) is 3. The highest BCUT2D eigenvalue weighted by molar-refractivity contribution is 7.14. The van der Waals surface area contributed by atoms with Crippen LogP contribution in [0.25, 0.3) is 11.3 Å². The number of carbonyl (C=O) groups excluding carboxylic acids is 1. The van der Waals surface area contributed by atoms with Gasteiger partial charge in [-0.15, -0.1) is 22.7 Å². The molecule has 0 unspecified atom stereocenters. The number of hydrogen-bond donors (Lipinski definition) is 1. The fourth-order valence-electron chi connectivity index (χ4n) is 3.38. The van der Waals surface area contributed by atoms with Gasteiger partial charge >= 0.3 is 0 Å². The second-order valence-corrected chi connectivity index (χ2v) is 9.15. The first kappa shape index (κ1) is 21.3. The van der Waals surface area contributed by atoms with Crippen LogP contribution < -0.4 is 10.1 Å². The van der Waals surface area contributed by atoms with Gasteiger partial charge in [-0.2, -0.15) is 5.10 Å². The molecule has 3 heterocycles. The van der Waals surface area contributed by atoms with Crippen LogP contribution >= 0.6 is 22.7 Å². The highest BCUT2D eigenvalue weighted by Gasteiger charge is 2.15. The maximum Gasteiger partial charge on any atom is 0.267 e. The van der Waals surface area contributed by atoms with E-state index in [0.29, 0.717) is 16.6 Å². The van der Waals surface area contributed by atoms with Crippen LogP contribution in [0.5, 0.6) is 5.75 Å². The first-order valence-corrected chi connectivity index (χ1v) is 11.8. The van der Waals surface area contributed by atoms with Gasteiger partial charge in [0.15, 0.2) is 5.13 Å². The smallest absolute Gasteiger partial charge is 0.267 e. The summed E-state index contributed by atoms with van der Waals surface area (Å²) in [5, 5.41) is 11.7. The summed E-state index contributed by atoms with van der Waals surface area (Å²) in [6.07, 6.45) is 1.82. The van der Waals surface area contributed by atoms with Gasteiger partial charge in [0.25, 0.3) is 5.91 Å². The first-order valence-electron chi connectivity index (χ1n) is 10.0. The average molecular weight is 453 g/mol. The normalized spacial score (nSPS) is 11.0. The van der Waals surface area contributed by atoms with E-state index in [0.717, 1.165) is 34.8 Å². The van der Waals surface area contributed by atoms with E-state index < -0.39 is 0 Å². The minimum absolute atomic E-state index is 0.162. The summed E-state index contributed by atoms with van der Waals surface area (Å²) in [6.45, 7) is 9.42. The summed E-state index contributed by atoms with van der Waals surface area (Å²) >= 11 is 2.81. The molecule has 0 atom stereocenters. The molecular formula is C23H24N4O2S2. The van der Waals surface area contributed by atoms with Gasteiger partial charge in [0.1, 0.15) is 12.4 Å². The molecule has 0 saturated heterocycles. The van der Waals surface area contributed by atoms with E-state index in [1.54, 1.807) is 0 Å². The van der Waals surface area contributed by atoms with Gasteiger partial charge < -0.3 is 4.74 Å². The third kappa shape index (κ3) is 4.86. The van der Waals surface area contributed by atoms with Crippen molar-refractivity contribution in [2.75, 3.05) is 5.32 Å². The molecule has 3 aromatic heterocycles. The maximum absolute atomic E-state index is 12.7. The number of hydrogen-bond acceptors (Lipinski definition) is 6. The zero-order chi connectivity index (χ0) is 22.0. The number of anilines is 1. The van der Waals surface area contributed by atoms with Crippen molar-refractivity contribution in [3.8, 4) is 17.0 Å². The molecule has 160 valence electrons. The van der Waals surface area contributed by atoms with Crippen molar-refractivity contribution in [1.29, 1.82) is 0 Å². The van der Waals surface area contributed by atoms with Gasteiger partial charge in [0, 0.05) is 28.7 Å². The molecule has 4 rings (SSSR count). The lowest BCUT2D eigenvalue weighted by Crippen LogP contribution is -2.09. The Labute approximate surface area is 189 Å². The number of amides is 1. The Morgan fingerprint density at radius 1 is 1.10 bits per heavy atom. The number of benzene rings is 1. The molecule has 0 saturated carbocycles. The van der Waals surface area contributed by atoms with Gasteiger partial charge in [0.05, 0.1) is 16.8 Å². The number of rotatable bonds is 7. The first-order chi connectivity index (χ1) is 14.9. The summed E-state index contributed by atoms with van der Waals surface area (Å²) in [7, 11) is 0. The summed E-state index contributed by atoms with van der Waals surface area (Å²) < 4.78 is 7.83. The lowest BCUT2D eigenvalue weighted by molar-refractivity contribution is 0.103. The zero-order valence-corrected chi connectivity index (χ0v) is 19.6. The number of aromatic nitrogens is 3. The molecule has 6 nitrogen and oxygen atoms in total. The van der Waals surface area contributed by atoms with Crippen molar-refractivity contribution in [3.63, 3.8) is 0 Å². The van der Waals surface area contributed by atoms with Crippen LogP contribution in [-0.2, 0) is 13.2 Å². The predicted octanol–water partition coefficient (Wildman–Crippen LogP) is 5.84. The van der Waals surface area contributed by atoms with E-state index in [-0.39, 0.29) is 5.91 Å². The van der Waals surface area contributed by atoms with E-state index >= 15 is 0 Å². The summed E-state index contributed by atoms with van der Waals surface area (Å²) in [4.78, 5) is 17.9. The standard InChI is InChI=1S/C23H24N4O2S2/c1-5-27-16(4)19(10-24-27)20-13-31-23(25-20)26-22(28)21-9-17(12-30-21)11-29-18-7-14(2)6-15(3)8-18/h6-10,12-13H,5,11H2,1-4H3,(H,25,26,28). The summed E-state index contributed by atoms with van der Waals surface area (Å²) in [5.41, 5.74) is 6.18. The number of aryl methyl sites for hydroxylation is 3. The Kier molecular flexibility index (Phi) is 6.20. The molecule has 0 radical (unpaired) electrons. The molecule has 0 aliphatic heterocycles. The summed E-state index contributed by atoms with van der Waals surface area (Å²) in [6, 6.07) is 8.01. The Morgan fingerprint density at radius 3 is 2.58 bits per heavy atom. The minimum Gasteiger partial charge on any atom is -0.489 e. The molecule has 8 heteroatoms. The van der Waals surface area contributed by atoms with Crippen molar-refractivity contribution in [2.24, 2.45) is 0 Å². The predicted molar refractivity (Wildman–Crippen MR) is 126 cm³/mol.